The molecule has 2 amide bonds. The van der Waals surface area contributed by atoms with Crippen molar-refractivity contribution in [2.75, 3.05) is 5.32 Å². The Bertz CT molecular complexity index is 741. The Hall–Kier alpha value is -3.02. The SMILES string of the molecule is NC(=O)Cc1ccc(NC2CC(NC(=O)OCc3ccccc3)C2)cc1. The summed E-state index contributed by atoms with van der Waals surface area (Å²) < 4.78 is 5.22. The number of amides is 2. The van der Waals surface area contributed by atoms with Crippen molar-refractivity contribution >= 4 is 17.7 Å². The molecule has 3 rings (SSSR count). The van der Waals surface area contributed by atoms with Crippen molar-refractivity contribution in [1.82, 2.24) is 5.32 Å². The van der Waals surface area contributed by atoms with Crippen LogP contribution in [-0.2, 0) is 22.6 Å². The first-order chi connectivity index (χ1) is 12.6. The third-order valence-corrected chi connectivity index (χ3v) is 4.38. The van der Waals surface area contributed by atoms with Crippen LogP contribution < -0.4 is 16.4 Å². The molecule has 0 aliphatic heterocycles. The molecule has 26 heavy (non-hydrogen) atoms. The van der Waals surface area contributed by atoms with Gasteiger partial charge in [0.15, 0.2) is 0 Å². The maximum atomic E-state index is 11.8. The average Bonchev–Trinajstić information content (AvgIpc) is 2.60. The molecule has 136 valence electrons. The van der Waals surface area contributed by atoms with E-state index in [-0.39, 0.29) is 31.1 Å². The molecule has 6 heteroatoms. The van der Waals surface area contributed by atoms with Gasteiger partial charge in [0.2, 0.25) is 5.91 Å². The van der Waals surface area contributed by atoms with E-state index in [1.807, 2.05) is 54.6 Å². The first kappa shape index (κ1) is 17.8. The molecule has 2 aromatic rings. The van der Waals surface area contributed by atoms with Crippen LogP contribution in [0.15, 0.2) is 54.6 Å². The largest absolute Gasteiger partial charge is 0.445 e. The maximum Gasteiger partial charge on any atom is 0.407 e. The minimum atomic E-state index is -0.381. The van der Waals surface area contributed by atoms with E-state index in [4.69, 9.17) is 10.5 Å². The minimum Gasteiger partial charge on any atom is -0.445 e. The molecule has 0 unspecified atom stereocenters. The van der Waals surface area contributed by atoms with Crippen LogP contribution in [-0.4, -0.2) is 24.1 Å². The van der Waals surface area contributed by atoms with Gasteiger partial charge in [-0.1, -0.05) is 42.5 Å². The van der Waals surface area contributed by atoms with Gasteiger partial charge >= 0.3 is 6.09 Å². The van der Waals surface area contributed by atoms with Crippen molar-refractivity contribution in [2.24, 2.45) is 5.73 Å². The molecule has 0 aromatic heterocycles. The number of alkyl carbamates (subject to hydrolysis) is 1. The second-order valence-corrected chi connectivity index (χ2v) is 6.56. The van der Waals surface area contributed by atoms with Gasteiger partial charge in [0.25, 0.3) is 0 Å². The van der Waals surface area contributed by atoms with E-state index in [9.17, 15) is 9.59 Å². The lowest BCUT2D eigenvalue weighted by atomic mass is 9.86. The highest BCUT2D eigenvalue weighted by Gasteiger charge is 2.30. The summed E-state index contributed by atoms with van der Waals surface area (Å²) in [4.78, 5) is 22.7. The van der Waals surface area contributed by atoms with E-state index in [1.165, 1.54) is 0 Å². The number of anilines is 1. The molecule has 0 spiro atoms. The molecule has 0 radical (unpaired) electrons. The van der Waals surface area contributed by atoms with Crippen molar-refractivity contribution in [3.8, 4) is 0 Å². The van der Waals surface area contributed by atoms with Crippen LogP contribution >= 0.6 is 0 Å². The minimum absolute atomic E-state index is 0.130. The molecule has 1 aliphatic rings. The first-order valence-electron chi connectivity index (χ1n) is 8.69. The van der Waals surface area contributed by atoms with Crippen LogP contribution in [0, 0.1) is 0 Å². The molecular formula is C20H23N3O3. The number of carbonyl (C=O) groups is 2. The van der Waals surface area contributed by atoms with E-state index < -0.39 is 0 Å². The Kier molecular flexibility index (Phi) is 5.73. The van der Waals surface area contributed by atoms with Gasteiger partial charge in [-0.15, -0.1) is 0 Å². The molecule has 2 aromatic carbocycles. The quantitative estimate of drug-likeness (QED) is 0.713. The Balaban J connectivity index is 1.35. The molecule has 0 atom stereocenters. The number of nitrogens with two attached hydrogens (primary N) is 1. The first-order valence-corrected chi connectivity index (χ1v) is 8.69. The van der Waals surface area contributed by atoms with Crippen LogP contribution in [0.4, 0.5) is 10.5 Å². The number of ether oxygens (including phenoxy) is 1. The second kappa shape index (κ2) is 8.38. The average molecular weight is 353 g/mol. The van der Waals surface area contributed by atoms with Crippen LogP contribution in [0.3, 0.4) is 0 Å². The highest BCUT2D eigenvalue weighted by atomic mass is 16.5. The number of nitrogens with one attached hydrogen (secondary N) is 2. The van der Waals surface area contributed by atoms with E-state index in [1.54, 1.807) is 0 Å². The highest BCUT2D eigenvalue weighted by Crippen LogP contribution is 2.24. The summed E-state index contributed by atoms with van der Waals surface area (Å²) in [6.45, 7) is 0.277. The summed E-state index contributed by atoms with van der Waals surface area (Å²) in [5, 5.41) is 6.29. The Labute approximate surface area is 152 Å². The van der Waals surface area contributed by atoms with Gasteiger partial charge in [0.05, 0.1) is 6.42 Å². The number of carbonyl (C=O) groups excluding carboxylic acids is 2. The van der Waals surface area contributed by atoms with Gasteiger partial charge in [0.1, 0.15) is 6.61 Å². The Morgan fingerprint density at radius 3 is 2.31 bits per heavy atom. The fourth-order valence-electron chi connectivity index (χ4n) is 2.94. The third kappa shape index (κ3) is 5.24. The Morgan fingerprint density at radius 1 is 0.962 bits per heavy atom. The van der Waals surface area contributed by atoms with Gasteiger partial charge in [-0.05, 0) is 36.1 Å². The molecule has 1 fully saturated rings. The standard InChI is InChI=1S/C20H23N3O3/c21-19(24)10-14-6-8-16(9-7-14)22-17-11-18(12-17)23-20(25)26-13-15-4-2-1-3-5-15/h1-9,17-18,22H,10-13H2,(H2,21,24)(H,23,25). The van der Waals surface area contributed by atoms with E-state index >= 15 is 0 Å². The molecule has 0 bridgehead atoms. The number of hydrogen-bond acceptors (Lipinski definition) is 4. The fraction of sp³-hybridized carbons (Fsp3) is 0.300. The lowest BCUT2D eigenvalue weighted by Gasteiger charge is -2.36. The van der Waals surface area contributed by atoms with Crippen molar-refractivity contribution in [2.45, 2.75) is 38.0 Å². The van der Waals surface area contributed by atoms with Crippen molar-refractivity contribution in [1.29, 1.82) is 0 Å². The number of hydrogen-bond donors (Lipinski definition) is 3. The zero-order valence-electron chi connectivity index (χ0n) is 14.5. The van der Waals surface area contributed by atoms with Gasteiger partial charge in [0, 0.05) is 17.8 Å². The van der Waals surface area contributed by atoms with Gasteiger partial charge in [-0.2, -0.15) is 0 Å². The number of benzene rings is 2. The predicted molar refractivity (Wildman–Crippen MR) is 99.5 cm³/mol. The topological polar surface area (TPSA) is 93.5 Å². The Morgan fingerprint density at radius 2 is 1.65 bits per heavy atom. The fourth-order valence-corrected chi connectivity index (χ4v) is 2.94. The summed E-state index contributed by atoms with van der Waals surface area (Å²) in [5.41, 5.74) is 8.05. The smallest absolute Gasteiger partial charge is 0.407 e. The molecule has 1 aliphatic carbocycles. The van der Waals surface area contributed by atoms with E-state index in [0.29, 0.717) is 6.04 Å². The van der Waals surface area contributed by atoms with Crippen LogP contribution in [0.1, 0.15) is 24.0 Å². The molecule has 0 heterocycles. The molecule has 0 saturated heterocycles. The predicted octanol–water partition coefficient (Wildman–Crippen LogP) is 2.58. The second-order valence-electron chi connectivity index (χ2n) is 6.56. The maximum absolute atomic E-state index is 11.8. The van der Waals surface area contributed by atoms with Crippen molar-refractivity contribution in [3.05, 3.63) is 65.7 Å². The van der Waals surface area contributed by atoms with Gasteiger partial charge < -0.3 is 21.1 Å². The van der Waals surface area contributed by atoms with Gasteiger partial charge in [-0.3, -0.25) is 4.79 Å². The zero-order valence-corrected chi connectivity index (χ0v) is 14.5. The molecule has 4 N–H and O–H groups in total. The van der Waals surface area contributed by atoms with Crippen LogP contribution in [0.2, 0.25) is 0 Å². The molecule has 1 saturated carbocycles. The summed E-state index contributed by atoms with van der Waals surface area (Å²) in [7, 11) is 0. The normalized spacial score (nSPS) is 18.5. The van der Waals surface area contributed by atoms with Gasteiger partial charge in [-0.25, -0.2) is 4.79 Å². The van der Waals surface area contributed by atoms with Crippen molar-refractivity contribution < 1.29 is 14.3 Å². The summed E-state index contributed by atoms with van der Waals surface area (Å²) in [6, 6.07) is 17.7. The van der Waals surface area contributed by atoms with Crippen LogP contribution in [0.5, 0.6) is 0 Å². The monoisotopic (exact) mass is 353 g/mol. The number of primary amides is 1. The van der Waals surface area contributed by atoms with Crippen molar-refractivity contribution in [3.63, 3.8) is 0 Å². The van der Waals surface area contributed by atoms with E-state index in [0.717, 1.165) is 29.7 Å². The third-order valence-electron chi connectivity index (χ3n) is 4.38. The van der Waals surface area contributed by atoms with E-state index in [2.05, 4.69) is 10.6 Å². The molecule has 6 nitrogen and oxygen atoms in total. The lowest BCUT2D eigenvalue weighted by Crippen LogP contribution is -2.49. The highest BCUT2D eigenvalue weighted by molar-refractivity contribution is 5.76. The zero-order chi connectivity index (χ0) is 18.4. The molecular weight excluding hydrogens is 330 g/mol. The summed E-state index contributed by atoms with van der Waals surface area (Å²) in [6.07, 6.45) is 1.57. The summed E-state index contributed by atoms with van der Waals surface area (Å²) >= 11 is 0. The summed E-state index contributed by atoms with van der Waals surface area (Å²) in [5.74, 6) is -0.335. The lowest BCUT2D eigenvalue weighted by molar-refractivity contribution is -0.117. The number of rotatable bonds is 7. The van der Waals surface area contributed by atoms with Crippen LogP contribution in [0.25, 0.3) is 0 Å².